The molecule has 2 aromatic heterocycles. The van der Waals surface area contributed by atoms with Crippen LogP contribution in [0.25, 0.3) is 10.2 Å². The lowest BCUT2D eigenvalue weighted by Gasteiger charge is -2.44. The van der Waals surface area contributed by atoms with Crippen LogP contribution < -0.4 is 9.80 Å². The number of likely N-dealkylation sites (N-methyl/N-ethyl adjacent to an activating group) is 1. The summed E-state index contributed by atoms with van der Waals surface area (Å²) in [5.41, 5.74) is 1.08. The summed E-state index contributed by atoms with van der Waals surface area (Å²) in [4.78, 5) is 19.1. The molecule has 4 rings (SSSR count). The maximum atomic E-state index is 4.78. The fourth-order valence-corrected chi connectivity index (χ4v) is 4.22. The highest BCUT2D eigenvalue weighted by molar-refractivity contribution is 7.98. The van der Waals surface area contributed by atoms with Gasteiger partial charge in [-0.2, -0.15) is 0 Å². The molecule has 0 radical (unpaired) electrons. The SMILES string of the molecule is CSc1ccc2nc(N(C)C3CN(c4cnccn4)C3)sc2c1. The summed E-state index contributed by atoms with van der Waals surface area (Å²) in [5, 5.41) is 1.09. The van der Waals surface area contributed by atoms with Crippen molar-refractivity contribution in [2.45, 2.75) is 10.9 Å². The predicted molar refractivity (Wildman–Crippen MR) is 97.8 cm³/mol. The van der Waals surface area contributed by atoms with Gasteiger partial charge in [0.1, 0.15) is 5.82 Å². The number of rotatable bonds is 4. The molecule has 1 aliphatic rings. The van der Waals surface area contributed by atoms with Crippen LogP contribution in [0.5, 0.6) is 0 Å². The summed E-state index contributed by atoms with van der Waals surface area (Å²) >= 11 is 3.53. The topological polar surface area (TPSA) is 45.2 Å². The molecule has 0 atom stereocenters. The van der Waals surface area contributed by atoms with E-state index in [9.17, 15) is 0 Å². The van der Waals surface area contributed by atoms with E-state index in [1.807, 2.05) is 6.20 Å². The van der Waals surface area contributed by atoms with E-state index in [4.69, 9.17) is 4.98 Å². The highest BCUT2D eigenvalue weighted by Gasteiger charge is 2.32. The Labute approximate surface area is 143 Å². The molecule has 0 aliphatic carbocycles. The van der Waals surface area contributed by atoms with Gasteiger partial charge in [-0.1, -0.05) is 11.3 Å². The monoisotopic (exact) mass is 343 g/mol. The number of hydrogen-bond donors (Lipinski definition) is 0. The zero-order valence-corrected chi connectivity index (χ0v) is 14.6. The van der Waals surface area contributed by atoms with Gasteiger partial charge in [0.05, 0.1) is 22.5 Å². The second-order valence-electron chi connectivity index (χ2n) is 5.56. The van der Waals surface area contributed by atoms with Crippen LogP contribution in [0, 0.1) is 0 Å². The standard InChI is InChI=1S/C16H17N5S2/c1-20(11-9-21(10-11)15-8-17-5-6-18-15)16-19-13-4-3-12(22-2)7-14(13)23-16/h3-8,11H,9-10H2,1-2H3. The summed E-state index contributed by atoms with van der Waals surface area (Å²) in [7, 11) is 2.13. The molecule has 1 aliphatic heterocycles. The molecule has 3 aromatic rings. The maximum Gasteiger partial charge on any atom is 0.186 e. The van der Waals surface area contributed by atoms with Crippen molar-refractivity contribution in [3.63, 3.8) is 0 Å². The van der Waals surface area contributed by atoms with Crippen molar-refractivity contribution in [1.29, 1.82) is 0 Å². The molecule has 0 N–H and O–H groups in total. The van der Waals surface area contributed by atoms with Crippen molar-refractivity contribution in [3.05, 3.63) is 36.8 Å². The van der Waals surface area contributed by atoms with Gasteiger partial charge in [-0.15, -0.1) is 11.8 Å². The van der Waals surface area contributed by atoms with Crippen molar-refractivity contribution < 1.29 is 0 Å². The number of anilines is 2. The number of fused-ring (bicyclic) bond motifs is 1. The Morgan fingerprint density at radius 3 is 2.91 bits per heavy atom. The molecular weight excluding hydrogens is 326 g/mol. The average molecular weight is 343 g/mol. The smallest absolute Gasteiger partial charge is 0.186 e. The molecule has 23 heavy (non-hydrogen) atoms. The normalized spacial score (nSPS) is 15.0. The Balaban J connectivity index is 1.49. The Bertz CT molecular complexity index is 814. The third-order valence-corrected chi connectivity index (χ3v) is 6.00. The van der Waals surface area contributed by atoms with Crippen LogP contribution in [-0.2, 0) is 0 Å². The van der Waals surface area contributed by atoms with E-state index in [0.29, 0.717) is 6.04 Å². The van der Waals surface area contributed by atoms with Crippen molar-refractivity contribution in [1.82, 2.24) is 15.0 Å². The minimum atomic E-state index is 0.470. The number of nitrogens with zero attached hydrogens (tertiary/aromatic N) is 5. The fraction of sp³-hybridized carbons (Fsp3) is 0.312. The van der Waals surface area contributed by atoms with Crippen LogP contribution in [0.15, 0.2) is 41.7 Å². The molecule has 0 saturated carbocycles. The van der Waals surface area contributed by atoms with Crippen LogP contribution in [0.1, 0.15) is 0 Å². The summed E-state index contributed by atoms with van der Waals surface area (Å²) < 4.78 is 1.25. The lowest BCUT2D eigenvalue weighted by atomic mass is 10.1. The molecule has 118 valence electrons. The van der Waals surface area contributed by atoms with Gasteiger partial charge >= 0.3 is 0 Å². The number of aromatic nitrogens is 3. The average Bonchev–Trinajstić information content (AvgIpc) is 2.97. The number of thioether (sulfide) groups is 1. The highest BCUT2D eigenvalue weighted by Crippen LogP contribution is 2.33. The van der Waals surface area contributed by atoms with Crippen LogP contribution in [0.2, 0.25) is 0 Å². The molecule has 0 amide bonds. The van der Waals surface area contributed by atoms with Gasteiger partial charge in [0.2, 0.25) is 0 Å². The molecule has 0 unspecified atom stereocenters. The van der Waals surface area contributed by atoms with Crippen molar-refractivity contribution in [2.24, 2.45) is 0 Å². The Hall–Kier alpha value is -1.86. The maximum absolute atomic E-state index is 4.78. The zero-order chi connectivity index (χ0) is 15.8. The van der Waals surface area contributed by atoms with E-state index in [-0.39, 0.29) is 0 Å². The largest absolute Gasteiger partial charge is 0.351 e. The Morgan fingerprint density at radius 2 is 2.17 bits per heavy atom. The minimum Gasteiger partial charge on any atom is -0.351 e. The molecular formula is C16H17N5S2. The molecule has 1 aromatic carbocycles. The molecule has 1 saturated heterocycles. The van der Waals surface area contributed by atoms with Gasteiger partial charge in [0.15, 0.2) is 5.13 Å². The first-order valence-corrected chi connectivity index (χ1v) is 9.47. The van der Waals surface area contributed by atoms with Crippen LogP contribution in [0.3, 0.4) is 0 Å². The Morgan fingerprint density at radius 1 is 1.30 bits per heavy atom. The second kappa shape index (κ2) is 5.98. The predicted octanol–water partition coefficient (Wildman–Crippen LogP) is 3.13. The third-order valence-electron chi connectivity index (χ3n) is 4.17. The highest BCUT2D eigenvalue weighted by atomic mass is 32.2. The number of thiazole rings is 1. The zero-order valence-electron chi connectivity index (χ0n) is 13.0. The van der Waals surface area contributed by atoms with Crippen LogP contribution >= 0.6 is 23.1 Å². The van der Waals surface area contributed by atoms with Crippen molar-refractivity contribution in [3.8, 4) is 0 Å². The van der Waals surface area contributed by atoms with Gasteiger partial charge < -0.3 is 9.80 Å². The lowest BCUT2D eigenvalue weighted by Crippen LogP contribution is -2.59. The number of hydrogen-bond acceptors (Lipinski definition) is 7. The Kier molecular flexibility index (Phi) is 3.82. The van der Waals surface area contributed by atoms with E-state index in [0.717, 1.165) is 29.6 Å². The summed E-state index contributed by atoms with van der Waals surface area (Å²) in [5.74, 6) is 0.950. The quantitative estimate of drug-likeness (QED) is 0.678. The summed E-state index contributed by atoms with van der Waals surface area (Å²) in [6.07, 6.45) is 7.36. The molecule has 7 heteroatoms. The van der Waals surface area contributed by atoms with Crippen molar-refractivity contribution in [2.75, 3.05) is 36.2 Å². The summed E-state index contributed by atoms with van der Waals surface area (Å²) in [6.45, 7) is 1.92. The van der Waals surface area contributed by atoms with Crippen LogP contribution in [-0.4, -0.2) is 47.4 Å². The fourth-order valence-electron chi connectivity index (χ4n) is 2.67. The number of benzene rings is 1. The molecule has 1 fully saturated rings. The van der Waals surface area contributed by atoms with Crippen LogP contribution in [0.4, 0.5) is 10.9 Å². The molecule has 0 bridgehead atoms. The summed E-state index contributed by atoms with van der Waals surface area (Å²) in [6, 6.07) is 6.94. The molecule has 5 nitrogen and oxygen atoms in total. The van der Waals surface area contributed by atoms with Gasteiger partial charge in [0.25, 0.3) is 0 Å². The minimum absolute atomic E-state index is 0.470. The second-order valence-corrected chi connectivity index (χ2v) is 7.45. The van der Waals surface area contributed by atoms with E-state index in [1.165, 1.54) is 9.60 Å². The first-order chi connectivity index (χ1) is 11.2. The van der Waals surface area contributed by atoms with Gasteiger partial charge in [-0.3, -0.25) is 4.98 Å². The van der Waals surface area contributed by atoms with E-state index in [2.05, 4.69) is 51.3 Å². The van der Waals surface area contributed by atoms with E-state index < -0.39 is 0 Å². The van der Waals surface area contributed by atoms with Gasteiger partial charge in [-0.25, -0.2) is 9.97 Å². The first-order valence-electron chi connectivity index (χ1n) is 7.43. The molecule has 0 spiro atoms. The first kappa shape index (κ1) is 14.7. The van der Waals surface area contributed by atoms with E-state index in [1.54, 1.807) is 35.5 Å². The van der Waals surface area contributed by atoms with E-state index >= 15 is 0 Å². The third kappa shape index (κ3) is 2.74. The molecule has 3 heterocycles. The van der Waals surface area contributed by atoms with Gasteiger partial charge in [-0.05, 0) is 24.5 Å². The van der Waals surface area contributed by atoms with Gasteiger partial charge in [0, 0.05) is 37.4 Å². The lowest BCUT2D eigenvalue weighted by molar-refractivity contribution is 0.491. The van der Waals surface area contributed by atoms with Crippen molar-refractivity contribution >= 4 is 44.3 Å².